The van der Waals surface area contributed by atoms with Gasteiger partial charge in [0.25, 0.3) is 0 Å². The first kappa shape index (κ1) is 23.8. The van der Waals surface area contributed by atoms with Gasteiger partial charge < -0.3 is 16.2 Å². The second-order valence-electron chi connectivity index (χ2n) is 6.85. The lowest BCUT2D eigenvalue weighted by molar-refractivity contribution is -0.285. The van der Waals surface area contributed by atoms with Crippen LogP contribution in [0.1, 0.15) is 21.2 Å². The lowest BCUT2D eigenvalue weighted by Crippen LogP contribution is -2.66. The van der Waals surface area contributed by atoms with Crippen molar-refractivity contribution in [2.45, 2.75) is 17.8 Å². The van der Waals surface area contributed by atoms with Crippen molar-refractivity contribution in [1.29, 1.82) is 5.26 Å². The standard InChI is InChI=1S/C20H15F4N3O3S2/c21-11-5-3-10(4-6-11)15-12(8-25)18(32-9-14(26)28)27-19(30,20(22,23)24)16(15)17(29)13-2-1-7-31-13/h1-7,15-16,27,30H,9H2,(H2,26,28). The van der Waals surface area contributed by atoms with Gasteiger partial charge in [-0.1, -0.05) is 30.0 Å². The molecule has 0 aliphatic carbocycles. The lowest BCUT2D eigenvalue weighted by atomic mass is 9.70. The Balaban J connectivity index is 2.29. The summed E-state index contributed by atoms with van der Waals surface area (Å²) >= 11 is 1.38. The zero-order valence-corrected chi connectivity index (χ0v) is 17.7. The monoisotopic (exact) mass is 485 g/mol. The molecule has 12 heteroatoms. The maximum absolute atomic E-state index is 14.2. The van der Waals surface area contributed by atoms with Gasteiger partial charge in [0.2, 0.25) is 11.6 Å². The number of benzene rings is 1. The zero-order chi connectivity index (χ0) is 23.7. The van der Waals surface area contributed by atoms with Crippen LogP contribution in [0.15, 0.2) is 52.4 Å². The molecule has 3 rings (SSSR count). The minimum atomic E-state index is -5.36. The predicted molar refractivity (Wildman–Crippen MR) is 110 cm³/mol. The number of Topliss-reactive ketones (excluding diaryl/α,β-unsaturated/α-hetero) is 1. The molecule has 1 aliphatic heterocycles. The van der Waals surface area contributed by atoms with E-state index < -0.39 is 52.0 Å². The fourth-order valence-corrected chi connectivity index (χ4v) is 4.98. The second-order valence-corrected chi connectivity index (χ2v) is 8.78. The van der Waals surface area contributed by atoms with Crippen molar-refractivity contribution >= 4 is 34.8 Å². The molecule has 1 aliphatic rings. The lowest BCUT2D eigenvalue weighted by Gasteiger charge is -2.45. The van der Waals surface area contributed by atoms with Crippen molar-refractivity contribution in [1.82, 2.24) is 5.32 Å². The molecule has 3 unspecified atom stereocenters. The maximum Gasteiger partial charge on any atom is 0.437 e. The van der Waals surface area contributed by atoms with Crippen LogP contribution in [0.25, 0.3) is 0 Å². The number of ketones is 1. The third-order valence-electron chi connectivity index (χ3n) is 4.83. The summed E-state index contributed by atoms with van der Waals surface area (Å²) in [7, 11) is 0. The van der Waals surface area contributed by atoms with E-state index in [9.17, 15) is 37.5 Å². The van der Waals surface area contributed by atoms with E-state index in [0.29, 0.717) is 11.8 Å². The van der Waals surface area contributed by atoms with Crippen molar-refractivity contribution < 1.29 is 32.3 Å². The Morgan fingerprint density at radius 1 is 1.28 bits per heavy atom. The molecule has 32 heavy (non-hydrogen) atoms. The number of nitriles is 1. The molecule has 3 atom stereocenters. The number of thiophene rings is 1. The summed E-state index contributed by atoms with van der Waals surface area (Å²) in [5.41, 5.74) is 0.995. The molecule has 0 fully saturated rings. The average molecular weight is 485 g/mol. The van der Waals surface area contributed by atoms with Crippen LogP contribution < -0.4 is 11.1 Å². The Hall–Kier alpha value is -2.88. The van der Waals surface area contributed by atoms with Crippen molar-refractivity contribution in [2.24, 2.45) is 11.7 Å². The van der Waals surface area contributed by atoms with Crippen molar-refractivity contribution in [2.75, 3.05) is 5.75 Å². The number of alkyl halides is 3. The van der Waals surface area contributed by atoms with E-state index in [1.54, 1.807) is 6.07 Å². The number of halogens is 4. The summed E-state index contributed by atoms with van der Waals surface area (Å²) in [4.78, 5) is 24.4. The van der Waals surface area contributed by atoms with Crippen molar-refractivity contribution in [3.63, 3.8) is 0 Å². The molecule has 2 heterocycles. The normalized spacial score (nSPS) is 23.4. The molecule has 1 aromatic heterocycles. The molecule has 1 amide bonds. The van der Waals surface area contributed by atoms with E-state index in [1.165, 1.54) is 17.5 Å². The van der Waals surface area contributed by atoms with Gasteiger partial charge in [-0.3, -0.25) is 9.59 Å². The van der Waals surface area contributed by atoms with Crippen molar-refractivity contribution in [3.8, 4) is 6.07 Å². The fourth-order valence-electron chi connectivity index (χ4n) is 3.43. The average Bonchev–Trinajstić information content (AvgIpc) is 3.26. The zero-order valence-electron chi connectivity index (χ0n) is 16.0. The van der Waals surface area contributed by atoms with E-state index in [4.69, 9.17) is 5.73 Å². The molecule has 0 spiro atoms. The van der Waals surface area contributed by atoms with Gasteiger partial charge in [0, 0.05) is 5.92 Å². The summed E-state index contributed by atoms with van der Waals surface area (Å²) in [5, 5.41) is 23.6. The predicted octanol–water partition coefficient (Wildman–Crippen LogP) is 3.28. The van der Waals surface area contributed by atoms with Crippen LogP contribution in [0.3, 0.4) is 0 Å². The minimum absolute atomic E-state index is 0.0132. The summed E-state index contributed by atoms with van der Waals surface area (Å²) in [6, 6.07) is 8.78. The Kier molecular flexibility index (Phi) is 6.64. The van der Waals surface area contributed by atoms with E-state index >= 15 is 0 Å². The quantitative estimate of drug-likeness (QED) is 0.427. The number of hydrogen-bond donors (Lipinski definition) is 3. The minimum Gasteiger partial charge on any atom is -0.369 e. The Bertz CT molecular complexity index is 1090. The number of primary amides is 1. The Morgan fingerprint density at radius 3 is 2.44 bits per heavy atom. The summed E-state index contributed by atoms with van der Waals surface area (Å²) in [6.07, 6.45) is -5.36. The number of allylic oxidation sites excluding steroid dienone is 1. The van der Waals surface area contributed by atoms with E-state index in [0.717, 1.165) is 35.6 Å². The largest absolute Gasteiger partial charge is 0.437 e. The molecule has 4 N–H and O–H groups in total. The highest BCUT2D eigenvalue weighted by atomic mass is 32.2. The highest BCUT2D eigenvalue weighted by Gasteiger charge is 2.66. The topological polar surface area (TPSA) is 116 Å². The molecule has 2 aromatic rings. The number of nitrogens with zero attached hydrogens (tertiary/aromatic N) is 1. The van der Waals surface area contributed by atoms with Crippen LogP contribution in [0, 0.1) is 23.1 Å². The van der Waals surface area contributed by atoms with Gasteiger partial charge in [-0.25, -0.2) is 4.39 Å². The number of aliphatic hydroxyl groups is 1. The van der Waals surface area contributed by atoms with Crippen LogP contribution >= 0.6 is 23.1 Å². The van der Waals surface area contributed by atoms with E-state index in [-0.39, 0.29) is 16.0 Å². The van der Waals surface area contributed by atoms with Gasteiger partial charge >= 0.3 is 6.18 Å². The van der Waals surface area contributed by atoms with Crippen LogP contribution in [0.4, 0.5) is 17.6 Å². The molecule has 0 saturated heterocycles. The molecular formula is C20H15F4N3O3S2. The molecule has 1 aromatic carbocycles. The molecular weight excluding hydrogens is 470 g/mol. The van der Waals surface area contributed by atoms with Crippen LogP contribution in [-0.2, 0) is 4.79 Å². The number of hydrogen-bond acceptors (Lipinski definition) is 7. The number of rotatable bonds is 6. The van der Waals surface area contributed by atoms with Crippen LogP contribution in [0.5, 0.6) is 0 Å². The summed E-state index contributed by atoms with van der Waals surface area (Å²) in [6.45, 7) is 0. The molecule has 0 bridgehead atoms. The van der Waals surface area contributed by atoms with E-state index in [2.05, 4.69) is 0 Å². The highest BCUT2D eigenvalue weighted by Crippen LogP contribution is 2.51. The smallest absolute Gasteiger partial charge is 0.369 e. The first-order chi connectivity index (χ1) is 15.0. The maximum atomic E-state index is 14.2. The molecule has 168 valence electrons. The highest BCUT2D eigenvalue weighted by molar-refractivity contribution is 8.03. The van der Waals surface area contributed by atoms with E-state index in [1.807, 2.05) is 5.32 Å². The first-order valence-corrected chi connectivity index (χ1v) is 10.8. The Morgan fingerprint density at radius 2 is 1.94 bits per heavy atom. The molecule has 6 nitrogen and oxygen atoms in total. The van der Waals surface area contributed by atoms with Gasteiger partial charge in [0.15, 0.2) is 5.78 Å². The summed E-state index contributed by atoms with van der Waals surface area (Å²) in [5.74, 6) is -6.87. The van der Waals surface area contributed by atoms with Gasteiger partial charge in [-0.05, 0) is 29.1 Å². The second kappa shape index (κ2) is 8.93. The van der Waals surface area contributed by atoms with Crippen molar-refractivity contribution in [3.05, 3.63) is 68.6 Å². The third-order valence-corrected chi connectivity index (χ3v) is 6.75. The number of nitrogens with one attached hydrogen (secondary N) is 1. The number of amides is 1. The Labute approximate surface area is 187 Å². The molecule has 0 radical (unpaired) electrons. The number of carbonyl (C=O) groups is 2. The SMILES string of the molecule is N#CC1=C(SCC(N)=O)NC(O)(C(F)(F)F)C(C(=O)c2cccs2)C1c1ccc(F)cc1. The van der Waals surface area contributed by atoms with Crippen LogP contribution in [0.2, 0.25) is 0 Å². The third kappa shape index (κ3) is 4.36. The van der Waals surface area contributed by atoms with Gasteiger partial charge in [-0.2, -0.15) is 18.4 Å². The summed E-state index contributed by atoms with van der Waals surface area (Å²) < 4.78 is 56.1. The van der Waals surface area contributed by atoms with Gasteiger partial charge in [-0.15, -0.1) is 11.3 Å². The first-order valence-electron chi connectivity index (χ1n) is 8.95. The van der Waals surface area contributed by atoms with Gasteiger partial charge in [0.05, 0.1) is 33.2 Å². The fraction of sp³-hybridized carbons (Fsp3) is 0.250. The van der Waals surface area contributed by atoms with Crippen LogP contribution in [-0.4, -0.2) is 34.5 Å². The number of thioether (sulfide) groups is 1. The number of nitrogens with two attached hydrogens (primary N) is 1. The van der Waals surface area contributed by atoms with Gasteiger partial charge in [0.1, 0.15) is 5.82 Å². The molecule has 0 saturated carbocycles. The number of carbonyl (C=O) groups excluding carboxylic acids is 2.